The topological polar surface area (TPSA) is 105 Å². The zero-order valence-electron chi connectivity index (χ0n) is 18.2. The first-order valence-corrected chi connectivity index (χ1v) is 11.0. The highest BCUT2D eigenvalue weighted by atomic mass is 35.5. The highest BCUT2D eigenvalue weighted by Gasteiger charge is 2.29. The van der Waals surface area contributed by atoms with Gasteiger partial charge in [-0.2, -0.15) is 13.2 Å². The van der Waals surface area contributed by atoms with Crippen LogP contribution in [0.5, 0.6) is 5.75 Å². The van der Waals surface area contributed by atoms with E-state index in [4.69, 9.17) is 16.0 Å². The Labute approximate surface area is 201 Å². The van der Waals surface area contributed by atoms with Crippen molar-refractivity contribution in [1.29, 1.82) is 0 Å². The lowest BCUT2D eigenvalue weighted by atomic mass is 10.1. The predicted molar refractivity (Wildman–Crippen MR) is 123 cm³/mol. The highest BCUT2D eigenvalue weighted by molar-refractivity contribution is 7.14. The summed E-state index contributed by atoms with van der Waals surface area (Å²) in [5.74, 6) is -0.211. The largest absolute Gasteiger partial charge is 0.483 e. The standard InChI is InChI=1S/C21H20ClF3N4O4S/c1-10-12(17(18(31)26-2)19(27-3)33-10)7-16(30)29-20-28-14(8-34-20)11-4-5-15(13(22)6-11)32-9-21(23,24)25/h4-6,8,27H,7,9H2,1-3H3,(H,26,31)(H,28,29,30). The van der Waals surface area contributed by atoms with Crippen LogP contribution in [-0.2, 0) is 11.2 Å². The van der Waals surface area contributed by atoms with E-state index in [0.717, 1.165) is 11.3 Å². The third kappa shape index (κ3) is 6.00. The smallest absolute Gasteiger partial charge is 0.422 e. The Morgan fingerprint density at radius 2 is 2.00 bits per heavy atom. The summed E-state index contributed by atoms with van der Waals surface area (Å²) in [6.07, 6.45) is -4.60. The van der Waals surface area contributed by atoms with Gasteiger partial charge in [0.1, 0.15) is 17.1 Å². The van der Waals surface area contributed by atoms with Gasteiger partial charge in [0.25, 0.3) is 5.91 Å². The molecule has 0 atom stereocenters. The van der Waals surface area contributed by atoms with Crippen molar-refractivity contribution < 1.29 is 31.9 Å². The van der Waals surface area contributed by atoms with Gasteiger partial charge in [0.15, 0.2) is 11.7 Å². The third-order valence-electron chi connectivity index (χ3n) is 4.60. The molecule has 0 saturated carbocycles. The van der Waals surface area contributed by atoms with Crippen molar-refractivity contribution in [3.8, 4) is 17.0 Å². The van der Waals surface area contributed by atoms with Gasteiger partial charge in [-0.1, -0.05) is 11.6 Å². The summed E-state index contributed by atoms with van der Waals surface area (Å²) in [6.45, 7) is 0.204. The van der Waals surface area contributed by atoms with Crippen LogP contribution in [0.25, 0.3) is 11.3 Å². The Balaban J connectivity index is 1.71. The average Bonchev–Trinajstić information content (AvgIpc) is 3.36. The number of alkyl halides is 3. The van der Waals surface area contributed by atoms with Crippen LogP contribution in [0.15, 0.2) is 28.0 Å². The molecule has 13 heteroatoms. The second-order valence-corrected chi connectivity index (χ2v) is 8.25. The molecule has 182 valence electrons. The molecule has 0 saturated heterocycles. The van der Waals surface area contributed by atoms with Crippen LogP contribution in [0.4, 0.5) is 24.2 Å². The number of ether oxygens (including phenoxy) is 1. The summed E-state index contributed by atoms with van der Waals surface area (Å²) in [5, 5.41) is 9.95. The average molecular weight is 517 g/mol. The molecule has 2 aromatic heterocycles. The first-order valence-electron chi connectivity index (χ1n) is 9.79. The van der Waals surface area contributed by atoms with Crippen molar-refractivity contribution in [2.45, 2.75) is 19.5 Å². The number of aryl methyl sites for hydroxylation is 1. The van der Waals surface area contributed by atoms with E-state index >= 15 is 0 Å². The number of anilines is 2. The Bertz CT molecular complexity index is 1210. The molecule has 34 heavy (non-hydrogen) atoms. The molecule has 3 rings (SSSR count). The first-order chi connectivity index (χ1) is 16.0. The minimum atomic E-state index is -4.48. The maximum Gasteiger partial charge on any atom is 0.422 e. The number of thiazole rings is 1. The van der Waals surface area contributed by atoms with Crippen LogP contribution in [0.3, 0.4) is 0 Å². The SMILES string of the molecule is CNC(=O)c1c(NC)oc(C)c1CC(=O)Nc1nc(-c2ccc(OCC(F)(F)F)c(Cl)c2)cs1. The van der Waals surface area contributed by atoms with E-state index in [0.29, 0.717) is 27.7 Å². The number of hydrogen-bond donors (Lipinski definition) is 3. The molecule has 0 spiro atoms. The lowest BCUT2D eigenvalue weighted by Gasteiger charge is -2.11. The summed E-state index contributed by atoms with van der Waals surface area (Å²) in [4.78, 5) is 29.2. The lowest BCUT2D eigenvalue weighted by molar-refractivity contribution is -0.153. The van der Waals surface area contributed by atoms with Crippen LogP contribution < -0.4 is 20.7 Å². The monoisotopic (exact) mass is 516 g/mol. The molecule has 0 bridgehead atoms. The summed E-state index contributed by atoms with van der Waals surface area (Å²) in [6, 6.07) is 4.27. The van der Waals surface area contributed by atoms with E-state index in [2.05, 4.69) is 25.7 Å². The van der Waals surface area contributed by atoms with Crippen molar-refractivity contribution in [2.24, 2.45) is 0 Å². The lowest BCUT2D eigenvalue weighted by Crippen LogP contribution is -2.22. The molecule has 3 N–H and O–H groups in total. The van der Waals surface area contributed by atoms with E-state index in [9.17, 15) is 22.8 Å². The Kier molecular flexibility index (Phi) is 7.72. The number of carbonyl (C=O) groups is 2. The minimum Gasteiger partial charge on any atom is -0.483 e. The van der Waals surface area contributed by atoms with Gasteiger partial charge >= 0.3 is 6.18 Å². The summed E-state index contributed by atoms with van der Waals surface area (Å²) >= 11 is 7.19. The molecule has 2 amide bonds. The van der Waals surface area contributed by atoms with Gasteiger partial charge in [0, 0.05) is 30.6 Å². The maximum absolute atomic E-state index is 12.6. The second kappa shape index (κ2) is 10.3. The summed E-state index contributed by atoms with van der Waals surface area (Å²) < 4.78 is 47.3. The van der Waals surface area contributed by atoms with Crippen LogP contribution in [-0.4, -0.2) is 43.7 Å². The normalized spacial score (nSPS) is 11.3. The highest BCUT2D eigenvalue weighted by Crippen LogP contribution is 2.33. The maximum atomic E-state index is 12.6. The van der Waals surface area contributed by atoms with E-state index in [1.54, 1.807) is 19.4 Å². The Morgan fingerprint density at radius 1 is 1.26 bits per heavy atom. The van der Waals surface area contributed by atoms with Gasteiger partial charge in [-0.25, -0.2) is 4.98 Å². The number of rotatable bonds is 8. The number of benzene rings is 1. The van der Waals surface area contributed by atoms with Gasteiger partial charge in [-0.15, -0.1) is 11.3 Å². The van der Waals surface area contributed by atoms with Gasteiger partial charge in [0.2, 0.25) is 11.8 Å². The van der Waals surface area contributed by atoms with E-state index in [1.165, 1.54) is 25.2 Å². The quantitative estimate of drug-likeness (QED) is 0.394. The van der Waals surface area contributed by atoms with Crippen LogP contribution in [0.2, 0.25) is 5.02 Å². The molecule has 0 aliphatic heterocycles. The Morgan fingerprint density at radius 3 is 2.62 bits per heavy atom. The minimum absolute atomic E-state index is 0.00200. The van der Waals surface area contributed by atoms with Crippen molar-refractivity contribution in [2.75, 3.05) is 31.3 Å². The molecule has 8 nitrogen and oxygen atoms in total. The van der Waals surface area contributed by atoms with Gasteiger partial charge in [0.05, 0.1) is 17.1 Å². The van der Waals surface area contributed by atoms with Crippen LogP contribution in [0.1, 0.15) is 21.7 Å². The fraction of sp³-hybridized carbons (Fsp3) is 0.286. The predicted octanol–water partition coefficient (Wildman–Crippen LogP) is 4.89. The fourth-order valence-electron chi connectivity index (χ4n) is 3.06. The van der Waals surface area contributed by atoms with Crippen molar-refractivity contribution >= 4 is 45.8 Å². The van der Waals surface area contributed by atoms with E-state index < -0.39 is 18.7 Å². The third-order valence-corrected chi connectivity index (χ3v) is 5.65. The molecular formula is C21H20ClF3N4O4S. The molecule has 0 fully saturated rings. The molecule has 1 aromatic carbocycles. The van der Waals surface area contributed by atoms with Crippen molar-refractivity contribution in [3.05, 3.63) is 45.5 Å². The number of carbonyl (C=O) groups excluding carboxylic acids is 2. The number of halogens is 4. The van der Waals surface area contributed by atoms with E-state index in [-0.39, 0.29) is 34.5 Å². The van der Waals surface area contributed by atoms with Crippen molar-refractivity contribution in [1.82, 2.24) is 10.3 Å². The molecule has 0 radical (unpaired) electrons. The van der Waals surface area contributed by atoms with Gasteiger partial charge in [-0.05, 0) is 25.1 Å². The number of amides is 2. The van der Waals surface area contributed by atoms with Gasteiger partial charge in [-0.3, -0.25) is 9.59 Å². The number of hydrogen-bond acceptors (Lipinski definition) is 7. The number of nitrogens with zero attached hydrogens (tertiary/aromatic N) is 1. The molecule has 3 aromatic rings. The van der Waals surface area contributed by atoms with Crippen LogP contribution >= 0.6 is 22.9 Å². The summed E-state index contributed by atoms with van der Waals surface area (Å²) in [5.41, 5.74) is 1.69. The second-order valence-electron chi connectivity index (χ2n) is 6.98. The molecule has 2 heterocycles. The number of aromatic nitrogens is 1. The fourth-order valence-corrected chi connectivity index (χ4v) is 4.03. The zero-order chi connectivity index (χ0) is 25.0. The molecule has 0 unspecified atom stereocenters. The molecular weight excluding hydrogens is 497 g/mol. The van der Waals surface area contributed by atoms with Crippen LogP contribution in [0, 0.1) is 6.92 Å². The van der Waals surface area contributed by atoms with Gasteiger partial charge < -0.3 is 25.1 Å². The first kappa shape index (κ1) is 25.4. The number of furan rings is 1. The number of nitrogens with one attached hydrogen (secondary N) is 3. The Hall–Kier alpha value is -3.25. The van der Waals surface area contributed by atoms with Crippen molar-refractivity contribution in [3.63, 3.8) is 0 Å². The summed E-state index contributed by atoms with van der Waals surface area (Å²) in [7, 11) is 3.08. The molecule has 0 aliphatic rings. The van der Waals surface area contributed by atoms with E-state index in [1.807, 2.05) is 0 Å². The zero-order valence-corrected chi connectivity index (χ0v) is 19.8. The molecule has 0 aliphatic carbocycles.